The molecule has 112 valence electrons. The zero-order valence-corrected chi connectivity index (χ0v) is 12.6. The third kappa shape index (κ3) is 3.48. The van der Waals surface area contributed by atoms with Crippen LogP contribution in [0.1, 0.15) is 45.4 Å². The van der Waals surface area contributed by atoms with Crippen LogP contribution in [0.2, 0.25) is 0 Å². The van der Waals surface area contributed by atoms with Crippen LogP contribution in [0.15, 0.2) is 0 Å². The maximum atomic E-state index is 12.7. The second-order valence-corrected chi connectivity index (χ2v) is 7.74. The number of nitrogens with zero attached hydrogens (tertiary/aromatic N) is 2. The van der Waals surface area contributed by atoms with E-state index in [1.165, 1.54) is 0 Å². The highest BCUT2D eigenvalue weighted by molar-refractivity contribution is 7.86. The summed E-state index contributed by atoms with van der Waals surface area (Å²) in [6.45, 7) is 3.97. The van der Waals surface area contributed by atoms with Gasteiger partial charge in [-0.2, -0.15) is 17.0 Å². The quantitative estimate of drug-likeness (QED) is 0.799. The van der Waals surface area contributed by atoms with Crippen molar-refractivity contribution in [3.63, 3.8) is 0 Å². The Kier molecular flexibility index (Phi) is 5.22. The molecule has 0 spiro atoms. The molecule has 0 bridgehead atoms. The Morgan fingerprint density at radius 1 is 1.21 bits per heavy atom. The summed E-state index contributed by atoms with van der Waals surface area (Å²) in [7, 11) is -3.32. The number of hydrogen-bond donors (Lipinski definition) is 1. The Balaban J connectivity index is 2.04. The molecular weight excluding hydrogens is 264 g/mol. The van der Waals surface area contributed by atoms with Crippen LogP contribution in [0.4, 0.5) is 0 Å². The maximum absolute atomic E-state index is 12.7. The summed E-state index contributed by atoms with van der Waals surface area (Å²) in [5.41, 5.74) is 0. The summed E-state index contributed by atoms with van der Waals surface area (Å²) in [6, 6.07) is 0.163. The van der Waals surface area contributed by atoms with E-state index >= 15 is 0 Å². The highest BCUT2D eigenvalue weighted by atomic mass is 32.2. The minimum absolute atomic E-state index is 0.0514. The lowest BCUT2D eigenvalue weighted by Crippen LogP contribution is -2.52. The zero-order valence-electron chi connectivity index (χ0n) is 11.8. The summed E-state index contributed by atoms with van der Waals surface area (Å²) in [5, 5.41) is 8.96. The first-order valence-corrected chi connectivity index (χ1v) is 8.83. The van der Waals surface area contributed by atoms with E-state index in [9.17, 15) is 8.42 Å². The van der Waals surface area contributed by atoms with Gasteiger partial charge in [0.05, 0.1) is 0 Å². The smallest absolute Gasteiger partial charge is 0.282 e. The average Bonchev–Trinajstić information content (AvgIpc) is 2.32. The lowest BCUT2D eigenvalue weighted by Gasteiger charge is -2.40. The van der Waals surface area contributed by atoms with Crippen molar-refractivity contribution in [2.24, 2.45) is 5.92 Å². The minimum Gasteiger partial charge on any atom is -0.396 e. The van der Waals surface area contributed by atoms with E-state index in [1.54, 1.807) is 8.61 Å². The van der Waals surface area contributed by atoms with Gasteiger partial charge in [-0.3, -0.25) is 0 Å². The van der Waals surface area contributed by atoms with Gasteiger partial charge in [0.25, 0.3) is 10.2 Å². The van der Waals surface area contributed by atoms with Crippen molar-refractivity contribution < 1.29 is 13.5 Å². The first kappa shape index (κ1) is 15.2. The molecule has 0 aromatic carbocycles. The Morgan fingerprint density at radius 2 is 1.84 bits per heavy atom. The third-order valence-corrected chi connectivity index (χ3v) is 6.47. The Hall–Kier alpha value is -0.170. The molecule has 2 rings (SSSR count). The molecule has 5 nitrogen and oxygen atoms in total. The summed E-state index contributed by atoms with van der Waals surface area (Å²) >= 11 is 0. The van der Waals surface area contributed by atoms with Crippen LogP contribution in [0.5, 0.6) is 0 Å². The molecule has 1 N–H and O–H groups in total. The molecule has 0 aromatic rings. The minimum atomic E-state index is -3.32. The van der Waals surface area contributed by atoms with Gasteiger partial charge in [-0.25, -0.2) is 0 Å². The molecule has 1 saturated heterocycles. The standard InChI is InChI=1S/C13H26N2O3S/c1-12-6-9-14(10-7-12)19(17,18)15(8-3-11-16)13-4-2-5-13/h12-13,16H,2-11H2,1H3. The normalized spacial score (nSPS) is 23.7. The molecular formula is C13H26N2O3S. The van der Waals surface area contributed by atoms with Gasteiger partial charge in [0.15, 0.2) is 0 Å². The first-order valence-electron chi connectivity index (χ1n) is 7.43. The summed E-state index contributed by atoms with van der Waals surface area (Å²) in [5.74, 6) is 0.626. The first-order chi connectivity index (χ1) is 9.05. The van der Waals surface area contributed by atoms with Gasteiger partial charge in [-0.05, 0) is 38.0 Å². The van der Waals surface area contributed by atoms with E-state index in [0.29, 0.717) is 32.0 Å². The molecule has 6 heteroatoms. The fraction of sp³-hybridized carbons (Fsp3) is 1.00. The van der Waals surface area contributed by atoms with Gasteiger partial charge in [0.2, 0.25) is 0 Å². The van der Waals surface area contributed by atoms with Crippen LogP contribution < -0.4 is 0 Å². The topological polar surface area (TPSA) is 60.9 Å². The van der Waals surface area contributed by atoms with Gasteiger partial charge >= 0.3 is 0 Å². The van der Waals surface area contributed by atoms with E-state index in [-0.39, 0.29) is 12.6 Å². The van der Waals surface area contributed by atoms with Crippen LogP contribution in [-0.2, 0) is 10.2 Å². The van der Waals surface area contributed by atoms with Gasteiger partial charge in [-0.15, -0.1) is 0 Å². The van der Waals surface area contributed by atoms with Crippen molar-refractivity contribution in [3.8, 4) is 0 Å². The van der Waals surface area contributed by atoms with Crippen LogP contribution in [-0.4, -0.2) is 54.4 Å². The van der Waals surface area contributed by atoms with Crippen molar-refractivity contribution in [1.29, 1.82) is 0 Å². The molecule has 19 heavy (non-hydrogen) atoms. The van der Waals surface area contributed by atoms with E-state index in [0.717, 1.165) is 32.1 Å². The van der Waals surface area contributed by atoms with Gasteiger partial charge in [0.1, 0.15) is 0 Å². The van der Waals surface area contributed by atoms with E-state index in [1.807, 2.05) is 0 Å². The summed E-state index contributed by atoms with van der Waals surface area (Å²) < 4.78 is 28.7. The Morgan fingerprint density at radius 3 is 2.32 bits per heavy atom. The predicted octanol–water partition coefficient (Wildman–Crippen LogP) is 1.20. The third-order valence-electron chi connectivity index (χ3n) is 4.38. The Bertz CT molecular complexity index is 373. The molecule has 2 aliphatic rings. The lowest BCUT2D eigenvalue weighted by atomic mass is 9.93. The van der Waals surface area contributed by atoms with E-state index < -0.39 is 10.2 Å². The molecule has 0 aromatic heterocycles. The highest BCUT2D eigenvalue weighted by Crippen LogP contribution is 2.30. The number of aliphatic hydroxyl groups is 1. The highest BCUT2D eigenvalue weighted by Gasteiger charge is 2.38. The molecule has 0 atom stereocenters. The van der Waals surface area contributed by atoms with Gasteiger partial charge < -0.3 is 5.11 Å². The van der Waals surface area contributed by atoms with Crippen molar-refractivity contribution in [3.05, 3.63) is 0 Å². The van der Waals surface area contributed by atoms with Crippen LogP contribution >= 0.6 is 0 Å². The Labute approximate surface area is 116 Å². The lowest BCUT2D eigenvalue weighted by molar-refractivity contribution is 0.179. The molecule has 1 saturated carbocycles. The van der Waals surface area contributed by atoms with Crippen molar-refractivity contribution in [2.75, 3.05) is 26.2 Å². The number of rotatable bonds is 6. The number of aliphatic hydroxyl groups excluding tert-OH is 1. The van der Waals surface area contributed by atoms with Crippen molar-refractivity contribution in [1.82, 2.24) is 8.61 Å². The van der Waals surface area contributed by atoms with E-state index in [2.05, 4.69) is 6.92 Å². The van der Waals surface area contributed by atoms with Gasteiger partial charge in [-0.1, -0.05) is 13.3 Å². The fourth-order valence-electron chi connectivity index (χ4n) is 2.75. The molecule has 1 aliphatic carbocycles. The van der Waals surface area contributed by atoms with Crippen LogP contribution in [0.25, 0.3) is 0 Å². The maximum Gasteiger partial charge on any atom is 0.282 e. The molecule has 0 radical (unpaired) electrons. The molecule has 0 unspecified atom stereocenters. The van der Waals surface area contributed by atoms with Gasteiger partial charge in [0, 0.05) is 32.3 Å². The van der Waals surface area contributed by atoms with Crippen LogP contribution in [0.3, 0.4) is 0 Å². The summed E-state index contributed by atoms with van der Waals surface area (Å²) in [4.78, 5) is 0. The fourth-order valence-corrected chi connectivity index (χ4v) is 4.67. The molecule has 1 heterocycles. The molecule has 0 amide bonds. The van der Waals surface area contributed by atoms with Crippen molar-refractivity contribution in [2.45, 2.75) is 51.5 Å². The van der Waals surface area contributed by atoms with Crippen LogP contribution in [0, 0.1) is 5.92 Å². The largest absolute Gasteiger partial charge is 0.396 e. The molecule has 2 fully saturated rings. The second-order valence-electron chi connectivity index (χ2n) is 5.86. The number of hydrogen-bond acceptors (Lipinski definition) is 3. The predicted molar refractivity (Wildman–Crippen MR) is 74.9 cm³/mol. The molecule has 1 aliphatic heterocycles. The van der Waals surface area contributed by atoms with Crippen molar-refractivity contribution >= 4 is 10.2 Å². The zero-order chi connectivity index (χ0) is 13.9. The summed E-state index contributed by atoms with van der Waals surface area (Å²) in [6.07, 6.45) is 5.49. The SMILES string of the molecule is CC1CCN(S(=O)(=O)N(CCCO)C2CCC2)CC1. The average molecular weight is 290 g/mol. The van der Waals surface area contributed by atoms with E-state index in [4.69, 9.17) is 5.11 Å². The second kappa shape index (κ2) is 6.52. The monoisotopic (exact) mass is 290 g/mol. The number of piperidine rings is 1.